The number of unbranched alkanes of at least 4 members (excludes halogenated alkanes) is 2. The molecule has 1 aromatic rings. The molecule has 0 aromatic carbocycles. The standard InChI is InChI=1S/C22H36N2O3S/c1-5-8-12-24(13-9-6-2)15-19(25)23-21-20(22(26)27-7-3)17-11-10-16(4)14-18(17)28-21/h16H,5-15H2,1-4H3,(H,23,25)/t16-/m0/s1. The second-order valence-electron chi connectivity index (χ2n) is 7.81. The molecular weight excluding hydrogens is 372 g/mol. The van der Waals surface area contributed by atoms with Gasteiger partial charge in [-0.25, -0.2) is 4.79 Å². The first kappa shape index (κ1) is 22.9. The fourth-order valence-electron chi connectivity index (χ4n) is 3.66. The molecule has 0 fully saturated rings. The molecule has 1 heterocycles. The van der Waals surface area contributed by atoms with Gasteiger partial charge in [-0.3, -0.25) is 9.69 Å². The van der Waals surface area contributed by atoms with Gasteiger partial charge >= 0.3 is 5.97 Å². The SMILES string of the molecule is CCCCN(CCCC)CC(=O)Nc1sc2c(c1C(=O)OCC)CC[C@H](C)C2. The zero-order valence-electron chi connectivity index (χ0n) is 17.9. The first-order chi connectivity index (χ1) is 13.5. The van der Waals surface area contributed by atoms with Gasteiger partial charge in [0.1, 0.15) is 5.00 Å². The van der Waals surface area contributed by atoms with Crippen molar-refractivity contribution < 1.29 is 14.3 Å². The van der Waals surface area contributed by atoms with E-state index >= 15 is 0 Å². The van der Waals surface area contributed by atoms with Gasteiger partial charge in [0.15, 0.2) is 0 Å². The maximum atomic E-state index is 12.8. The largest absolute Gasteiger partial charge is 0.462 e. The van der Waals surface area contributed by atoms with Crippen molar-refractivity contribution in [1.29, 1.82) is 0 Å². The minimum absolute atomic E-state index is 0.0376. The Bertz CT molecular complexity index is 648. The minimum Gasteiger partial charge on any atom is -0.462 e. The lowest BCUT2D eigenvalue weighted by Gasteiger charge is -2.21. The van der Waals surface area contributed by atoms with Crippen LogP contribution in [0.25, 0.3) is 0 Å². The number of nitrogens with zero attached hydrogens (tertiary/aromatic N) is 1. The Morgan fingerprint density at radius 1 is 1.18 bits per heavy atom. The van der Waals surface area contributed by atoms with E-state index in [1.54, 1.807) is 11.3 Å². The van der Waals surface area contributed by atoms with E-state index in [0.29, 0.717) is 29.6 Å². The number of nitrogens with one attached hydrogen (secondary N) is 1. The smallest absolute Gasteiger partial charge is 0.341 e. The summed E-state index contributed by atoms with van der Waals surface area (Å²) in [5.41, 5.74) is 1.68. The Morgan fingerprint density at radius 2 is 1.86 bits per heavy atom. The van der Waals surface area contributed by atoms with Crippen LogP contribution in [0.2, 0.25) is 0 Å². The van der Waals surface area contributed by atoms with E-state index < -0.39 is 0 Å². The second-order valence-corrected chi connectivity index (χ2v) is 8.91. The van der Waals surface area contributed by atoms with Crippen molar-refractivity contribution in [3.63, 3.8) is 0 Å². The van der Waals surface area contributed by atoms with Crippen molar-refractivity contribution in [2.75, 3.05) is 31.6 Å². The summed E-state index contributed by atoms with van der Waals surface area (Å²) in [5.74, 6) is 0.270. The molecule has 158 valence electrons. The third kappa shape index (κ3) is 6.31. The molecule has 0 bridgehead atoms. The summed E-state index contributed by atoms with van der Waals surface area (Å²) in [6.07, 6.45) is 7.36. The first-order valence-electron chi connectivity index (χ1n) is 10.8. The van der Waals surface area contributed by atoms with Crippen molar-refractivity contribution >= 4 is 28.2 Å². The van der Waals surface area contributed by atoms with Crippen LogP contribution in [0.5, 0.6) is 0 Å². The maximum absolute atomic E-state index is 12.8. The van der Waals surface area contributed by atoms with Crippen LogP contribution in [-0.4, -0.2) is 43.0 Å². The molecule has 5 nitrogen and oxygen atoms in total. The van der Waals surface area contributed by atoms with Crippen LogP contribution in [0, 0.1) is 5.92 Å². The summed E-state index contributed by atoms with van der Waals surface area (Å²) < 4.78 is 5.29. The number of esters is 1. The number of carbonyl (C=O) groups is 2. The van der Waals surface area contributed by atoms with Gasteiger partial charge in [0, 0.05) is 4.88 Å². The molecular formula is C22H36N2O3S. The van der Waals surface area contributed by atoms with Gasteiger partial charge in [0.2, 0.25) is 5.91 Å². The molecule has 0 spiro atoms. The molecule has 1 aromatic heterocycles. The Labute approximate surface area is 173 Å². The Morgan fingerprint density at radius 3 is 2.46 bits per heavy atom. The Hall–Kier alpha value is -1.40. The van der Waals surface area contributed by atoms with Gasteiger partial charge in [-0.2, -0.15) is 0 Å². The molecule has 1 aliphatic carbocycles. The highest BCUT2D eigenvalue weighted by Crippen LogP contribution is 2.40. The zero-order chi connectivity index (χ0) is 20.5. The van der Waals surface area contributed by atoms with E-state index in [4.69, 9.17) is 4.74 Å². The number of hydrogen-bond donors (Lipinski definition) is 1. The van der Waals surface area contributed by atoms with Gasteiger partial charge < -0.3 is 10.1 Å². The van der Waals surface area contributed by atoms with Crippen LogP contribution in [0.1, 0.15) is 80.6 Å². The van der Waals surface area contributed by atoms with Crippen molar-refractivity contribution in [2.24, 2.45) is 5.92 Å². The quantitative estimate of drug-likeness (QED) is 0.530. The molecule has 1 aliphatic rings. The highest BCUT2D eigenvalue weighted by Gasteiger charge is 2.29. The van der Waals surface area contributed by atoms with Crippen molar-refractivity contribution in [3.05, 3.63) is 16.0 Å². The number of thiophene rings is 1. The van der Waals surface area contributed by atoms with Crippen LogP contribution in [0.15, 0.2) is 0 Å². The fraction of sp³-hybridized carbons (Fsp3) is 0.727. The van der Waals surface area contributed by atoms with E-state index in [2.05, 4.69) is 31.0 Å². The number of fused-ring (bicyclic) bond motifs is 1. The molecule has 0 saturated carbocycles. The summed E-state index contributed by atoms with van der Waals surface area (Å²) in [6, 6.07) is 0. The van der Waals surface area contributed by atoms with Gasteiger partial charge in [0.05, 0.1) is 18.7 Å². The van der Waals surface area contributed by atoms with Crippen LogP contribution >= 0.6 is 11.3 Å². The number of ether oxygens (including phenoxy) is 1. The number of rotatable bonds is 11. The fourth-order valence-corrected chi connectivity index (χ4v) is 5.08. The Kier molecular flexibility index (Phi) is 9.45. The minimum atomic E-state index is -0.307. The lowest BCUT2D eigenvalue weighted by Crippen LogP contribution is -2.34. The van der Waals surface area contributed by atoms with Gasteiger partial charge in [-0.15, -0.1) is 11.3 Å². The van der Waals surface area contributed by atoms with Gasteiger partial charge in [-0.1, -0.05) is 33.6 Å². The van der Waals surface area contributed by atoms with E-state index in [9.17, 15) is 9.59 Å². The molecule has 1 amide bonds. The molecule has 2 rings (SSSR count). The average Bonchev–Trinajstić information content (AvgIpc) is 3.00. The average molecular weight is 409 g/mol. The first-order valence-corrected chi connectivity index (χ1v) is 11.7. The molecule has 1 N–H and O–H groups in total. The third-order valence-electron chi connectivity index (χ3n) is 5.27. The lowest BCUT2D eigenvalue weighted by atomic mass is 9.88. The second kappa shape index (κ2) is 11.6. The number of hydrogen-bond acceptors (Lipinski definition) is 5. The van der Waals surface area contributed by atoms with Crippen LogP contribution < -0.4 is 5.32 Å². The third-order valence-corrected chi connectivity index (χ3v) is 6.44. The zero-order valence-corrected chi connectivity index (χ0v) is 18.8. The van der Waals surface area contributed by atoms with E-state index in [-0.39, 0.29) is 11.9 Å². The highest BCUT2D eigenvalue weighted by molar-refractivity contribution is 7.17. The summed E-state index contributed by atoms with van der Waals surface area (Å²) in [5, 5.41) is 3.72. The molecule has 1 atom stereocenters. The van der Waals surface area contributed by atoms with E-state index in [0.717, 1.165) is 63.6 Å². The van der Waals surface area contributed by atoms with Gasteiger partial charge in [-0.05, 0) is 63.6 Å². The molecule has 28 heavy (non-hydrogen) atoms. The monoisotopic (exact) mass is 408 g/mol. The summed E-state index contributed by atoms with van der Waals surface area (Å²) >= 11 is 1.56. The summed E-state index contributed by atoms with van der Waals surface area (Å²) in [7, 11) is 0. The normalized spacial score (nSPS) is 16.1. The molecule has 0 radical (unpaired) electrons. The van der Waals surface area contributed by atoms with Crippen molar-refractivity contribution in [3.8, 4) is 0 Å². The molecule has 6 heteroatoms. The van der Waals surface area contributed by atoms with Crippen molar-refractivity contribution in [2.45, 2.75) is 72.6 Å². The molecule has 0 saturated heterocycles. The Balaban J connectivity index is 2.14. The highest BCUT2D eigenvalue weighted by atomic mass is 32.1. The van der Waals surface area contributed by atoms with E-state index in [1.807, 2.05) is 6.92 Å². The predicted molar refractivity (Wildman–Crippen MR) is 116 cm³/mol. The van der Waals surface area contributed by atoms with Crippen molar-refractivity contribution in [1.82, 2.24) is 4.90 Å². The molecule has 0 aliphatic heterocycles. The van der Waals surface area contributed by atoms with Crippen LogP contribution in [-0.2, 0) is 22.4 Å². The number of amides is 1. The van der Waals surface area contributed by atoms with E-state index in [1.165, 1.54) is 4.88 Å². The van der Waals surface area contributed by atoms with Crippen LogP contribution in [0.3, 0.4) is 0 Å². The summed E-state index contributed by atoms with van der Waals surface area (Å²) in [6.45, 7) is 11.0. The van der Waals surface area contributed by atoms with Gasteiger partial charge in [0.25, 0.3) is 0 Å². The van der Waals surface area contributed by atoms with Crippen LogP contribution in [0.4, 0.5) is 5.00 Å². The maximum Gasteiger partial charge on any atom is 0.341 e. The predicted octanol–water partition coefficient (Wildman–Crippen LogP) is 4.89. The summed E-state index contributed by atoms with van der Waals surface area (Å²) in [4.78, 5) is 28.8. The number of anilines is 1. The topological polar surface area (TPSA) is 58.6 Å². The molecule has 0 unspecified atom stereocenters. The number of carbonyl (C=O) groups excluding carboxylic acids is 2. The lowest BCUT2D eigenvalue weighted by molar-refractivity contribution is -0.117.